The van der Waals surface area contributed by atoms with Crippen LogP contribution < -0.4 is 0 Å². The van der Waals surface area contributed by atoms with Gasteiger partial charge in [0.15, 0.2) is 0 Å². The van der Waals surface area contributed by atoms with E-state index in [1.807, 2.05) is 30.3 Å². The normalized spacial score (nSPS) is 22.6. The molecule has 0 radical (unpaired) electrons. The van der Waals surface area contributed by atoms with Crippen molar-refractivity contribution in [1.82, 2.24) is 4.90 Å². The highest BCUT2D eigenvalue weighted by atomic mass is 32.2. The van der Waals surface area contributed by atoms with E-state index in [0.29, 0.717) is 25.3 Å². The standard InChI is InChI=1S/C15H19NO3S/c1-15(14(18)19)8-5-9-16(11-15)13(17)10-20-12-6-3-2-4-7-12/h2-4,6-7H,5,8-11H2,1H3,(H,18,19). The maximum Gasteiger partial charge on any atom is 0.311 e. The Labute approximate surface area is 123 Å². The minimum atomic E-state index is -0.814. The number of aliphatic carboxylic acids is 1. The topological polar surface area (TPSA) is 57.6 Å². The van der Waals surface area contributed by atoms with E-state index >= 15 is 0 Å². The summed E-state index contributed by atoms with van der Waals surface area (Å²) < 4.78 is 0. The minimum absolute atomic E-state index is 0.0195. The van der Waals surface area contributed by atoms with Crippen molar-refractivity contribution < 1.29 is 14.7 Å². The van der Waals surface area contributed by atoms with E-state index in [0.717, 1.165) is 11.3 Å². The van der Waals surface area contributed by atoms with Gasteiger partial charge in [0, 0.05) is 18.0 Å². The van der Waals surface area contributed by atoms with Crippen molar-refractivity contribution in [2.24, 2.45) is 5.41 Å². The highest BCUT2D eigenvalue weighted by Gasteiger charge is 2.39. The summed E-state index contributed by atoms with van der Waals surface area (Å²) >= 11 is 1.49. The lowest BCUT2D eigenvalue weighted by atomic mass is 9.82. The average molecular weight is 293 g/mol. The highest BCUT2D eigenvalue weighted by Crippen LogP contribution is 2.30. The third kappa shape index (κ3) is 3.54. The Bertz CT molecular complexity index is 491. The molecule has 1 aromatic carbocycles. The van der Waals surface area contributed by atoms with Crippen LogP contribution in [0, 0.1) is 5.41 Å². The van der Waals surface area contributed by atoms with Gasteiger partial charge in [-0.05, 0) is 31.9 Å². The number of benzene rings is 1. The third-order valence-corrected chi connectivity index (χ3v) is 4.67. The summed E-state index contributed by atoms with van der Waals surface area (Å²) in [6.45, 7) is 2.70. The van der Waals surface area contributed by atoms with Gasteiger partial charge in [-0.1, -0.05) is 18.2 Å². The molecule has 1 aliphatic heterocycles. The summed E-state index contributed by atoms with van der Waals surface area (Å²) in [6.07, 6.45) is 1.39. The van der Waals surface area contributed by atoms with Gasteiger partial charge < -0.3 is 10.0 Å². The Morgan fingerprint density at radius 2 is 2.05 bits per heavy atom. The van der Waals surface area contributed by atoms with Crippen molar-refractivity contribution in [3.05, 3.63) is 30.3 Å². The van der Waals surface area contributed by atoms with Crippen molar-refractivity contribution in [3.8, 4) is 0 Å². The first-order valence-corrected chi connectivity index (χ1v) is 7.69. The zero-order valence-electron chi connectivity index (χ0n) is 11.5. The summed E-state index contributed by atoms with van der Waals surface area (Å²) in [5, 5.41) is 9.26. The van der Waals surface area contributed by atoms with E-state index in [1.165, 1.54) is 11.8 Å². The van der Waals surface area contributed by atoms with Gasteiger partial charge >= 0.3 is 5.97 Å². The molecular formula is C15H19NO3S. The fraction of sp³-hybridized carbons (Fsp3) is 0.467. The van der Waals surface area contributed by atoms with Crippen molar-refractivity contribution in [2.75, 3.05) is 18.8 Å². The van der Waals surface area contributed by atoms with Crippen molar-refractivity contribution in [3.63, 3.8) is 0 Å². The molecule has 1 N–H and O–H groups in total. The Morgan fingerprint density at radius 1 is 1.35 bits per heavy atom. The zero-order valence-corrected chi connectivity index (χ0v) is 12.4. The molecule has 0 bridgehead atoms. The van der Waals surface area contributed by atoms with Crippen LogP contribution in [0.2, 0.25) is 0 Å². The lowest BCUT2D eigenvalue weighted by Crippen LogP contribution is -2.48. The van der Waals surface area contributed by atoms with Crippen LogP contribution in [-0.4, -0.2) is 40.7 Å². The summed E-state index contributed by atoms with van der Waals surface area (Å²) in [4.78, 5) is 26.2. The number of carbonyl (C=O) groups is 2. The SMILES string of the molecule is CC1(C(=O)O)CCCN(C(=O)CSc2ccccc2)C1. The van der Waals surface area contributed by atoms with Gasteiger partial charge in [-0.2, -0.15) is 0 Å². The van der Waals surface area contributed by atoms with Crippen molar-refractivity contribution >= 4 is 23.6 Å². The number of hydrogen-bond acceptors (Lipinski definition) is 3. The number of nitrogens with zero attached hydrogens (tertiary/aromatic N) is 1. The molecule has 1 heterocycles. The first-order chi connectivity index (χ1) is 9.51. The van der Waals surface area contributed by atoms with Gasteiger partial charge in [-0.3, -0.25) is 9.59 Å². The summed E-state index contributed by atoms with van der Waals surface area (Å²) in [6, 6.07) is 9.75. The monoisotopic (exact) mass is 293 g/mol. The second-order valence-electron chi connectivity index (χ2n) is 5.39. The average Bonchev–Trinajstić information content (AvgIpc) is 2.46. The number of amides is 1. The predicted octanol–water partition coefficient (Wildman–Crippen LogP) is 2.49. The molecule has 0 saturated carbocycles. The molecule has 2 rings (SSSR count). The lowest BCUT2D eigenvalue weighted by molar-refractivity contribution is -0.153. The number of carboxylic acids is 1. The molecule has 1 amide bonds. The number of thioether (sulfide) groups is 1. The molecule has 1 unspecified atom stereocenters. The van der Waals surface area contributed by atoms with Crippen LogP contribution in [0.5, 0.6) is 0 Å². The fourth-order valence-corrected chi connectivity index (χ4v) is 3.20. The van der Waals surface area contributed by atoms with Crippen LogP contribution in [0.3, 0.4) is 0 Å². The molecule has 0 aliphatic carbocycles. The maximum atomic E-state index is 12.2. The molecule has 1 aromatic rings. The Hall–Kier alpha value is -1.49. The van der Waals surface area contributed by atoms with E-state index in [1.54, 1.807) is 11.8 Å². The molecule has 1 atom stereocenters. The second-order valence-corrected chi connectivity index (χ2v) is 6.44. The smallest absolute Gasteiger partial charge is 0.311 e. The molecular weight excluding hydrogens is 274 g/mol. The first kappa shape index (κ1) is 14.9. The Morgan fingerprint density at radius 3 is 2.70 bits per heavy atom. The van der Waals surface area contributed by atoms with Crippen molar-refractivity contribution in [1.29, 1.82) is 0 Å². The van der Waals surface area contributed by atoms with Crippen molar-refractivity contribution in [2.45, 2.75) is 24.7 Å². The summed E-state index contributed by atoms with van der Waals surface area (Å²) in [7, 11) is 0. The molecule has 1 fully saturated rings. The van der Waals surface area contributed by atoms with Gasteiger partial charge in [-0.25, -0.2) is 0 Å². The minimum Gasteiger partial charge on any atom is -0.481 e. The highest BCUT2D eigenvalue weighted by molar-refractivity contribution is 8.00. The molecule has 4 nitrogen and oxygen atoms in total. The van der Waals surface area contributed by atoms with Crippen LogP contribution >= 0.6 is 11.8 Å². The second kappa shape index (κ2) is 6.31. The van der Waals surface area contributed by atoms with Gasteiger partial charge in [0.2, 0.25) is 5.91 Å². The van der Waals surface area contributed by atoms with Crippen LogP contribution in [0.4, 0.5) is 0 Å². The number of carboxylic acid groups (broad SMARTS) is 1. The molecule has 5 heteroatoms. The number of hydrogen-bond donors (Lipinski definition) is 1. The Balaban J connectivity index is 1.91. The molecule has 20 heavy (non-hydrogen) atoms. The summed E-state index contributed by atoms with van der Waals surface area (Å²) in [5.41, 5.74) is -0.800. The number of carbonyl (C=O) groups excluding carboxylic acids is 1. The van der Waals surface area contributed by atoms with E-state index in [2.05, 4.69) is 0 Å². The molecule has 1 aliphatic rings. The van der Waals surface area contributed by atoms with Gasteiger partial charge in [0.25, 0.3) is 0 Å². The number of likely N-dealkylation sites (tertiary alicyclic amines) is 1. The predicted molar refractivity (Wildman–Crippen MR) is 78.7 cm³/mol. The van der Waals surface area contributed by atoms with E-state index in [-0.39, 0.29) is 5.91 Å². The number of rotatable bonds is 4. The fourth-order valence-electron chi connectivity index (χ4n) is 2.38. The van der Waals surface area contributed by atoms with E-state index < -0.39 is 11.4 Å². The molecule has 0 spiro atoms. The van der Waals surface area contributed by atoms with Crippen LogP contribution in [0.1, 0.15) is 19.8 Å². The van der Waals surface area contributed by atoms with Crippen LogP contribution in [0.15, 0.2) is 35.2 Å². The van der Waals surface area contributed by atoms with Gasteiger partial charge in [-0.15, -0.1) is 11.8 Å². The first-order valence-electron chi connectivity index (χ1n) is 6.70. The zero-order chi connectivity index (χ0) is 14.6. The largest absolute Gasteiger partial charge is 0.481 e. The molecule has 108 valence electrons. The molecule has 1 saturated heterocycles. The number of piperidine rings is 1. The van der Waals surface area contributed by atoms with Crippen LogP contribution in [0.25, 0.3) is 0 Å². The quantitative estimate of drug-likeness (QED) is 0.867. The lowest BCUT2D eigenvalue weighted by Gasteiger charge is -2.37. The van der Waals surface area contributed by atoms with Crippen LogP contribution in [-0.2, 0) is 9.59 Å². The van der Waals surface area contributed by atoms with Gasteiger partial charge in [0.05, 0.1) is 11.2 Å². The third-order valence-electron chi connectivity index (χ3n) is 3.67. The summed E-state index contributed by atoms with van der Waals surface area (Å²) in [5.74, 6) is -0.434. The Kier molecular flexibility index (Phi) is 4.70. The van der Waals surface area contributed by atoms with E-state index in [4.69, 9.17) is 0 Å². The molecule has 0 aromatic heterocycles. The maximum absolute atomic E-state index is 12.2. The van der Waals surface area contributed by atoms with E-state index in [9.17, 15) is 14.7 Å². The van der Waals surface area contributed by atoms with Gasteiger partial charge in [0.1, 0.15) is 0 Å².